The van der Waals surface area contributed by atoms with Crippen LogP contribution in [-0.4, -0.2) is 35.6 Å². The van der Waals surface area contributed by atoms with Crippen LogP contribution in [-0.2, 0) is 21.7 Å². The highest BCUT2D eigenvalue weighted by molar-refractivity contribution is 7.92. The molecule has 0 saturated heterocycles. The molecule has 1 unspecified atom stereocenters. The Labute approximate surface area is 227 Å². The van der Waals surface area contributed by atoms with Crippen LogP contribution in [0.25, 0.3) is 6.08 Å². The lowest BCUT2D eigenvalue weighted by Crippen LogP contribution is -2.64. The number of aromatic nitrogens is 1. The number of hydrogen-bond acceptors (Lipinski definition) is 4. The van der Waals surface area contributed by atoms with Crippen LogP contribution in [0.3, 0.4) is 0 Å². The SMILES string of the molecule is CCOC(=O)c1c2c(cn1C)S(=O)(=N[Si](c1ccccc1)(c1ccccc1)C(C)(C)C)N[C@@H](C1CC1)C=C2. The van der Waals surface area contributed by atoms with E-state index in [9.17, 15) is 4.79 Å². The molecule has 1 saturated carbocycles. The largest absolute Gasteiger partial charge is 0.461 e. The third-order valence-electron chi connectivity index (χ3n) is 7.58. The fourth-order valence-corrected chi connectivity index (χ4v) is 14.6. The van der Waals surface area contributed by atoms with Crippen molar-refractivity contribution in [2.45, 2.75) is 56.5 Å². The predicted octanol–water partition coefficient (Wildman–Crippen LogP) is 4.90. The minimum absolute atomic E-state index is 0.0859. The van der Waals surface area contributed by atoms with Gasteiger partial charge in [-0.3, -0.25) is 0 Å². The summed E-state index contributed by atoms with van der Waals surface area (Å²) >= 11 is 0. The Morgan fingerprint density at radius 2 is 1.66 bits per heavy atom. The Kier molecular flexibility index (Phi) is 7.00. The quantitative estimate of drug-likeness (QED) is 0.353. The number of ether oxygens (including phenoxy) is 1. The van der Waals surface area contributed by atoms with Crippen molar-refractivity contribution in [2.75, 3.05) is 6.61 Å². The Hall–Kier alpha value is -2.94. The van der Waals surface area contributed by atoms with Crippen molar-refractivity contribution < 1.29 is 13.7 Å². The topological polar surface area (TPSA) is 72.7 Å². The maximum atomic E-state index is 15.5. The second-order valence-electron chi connectivity index (χ2n) is 11.2. The molecule has 0 radical (unpaired) electrons. The van der Waals surface area contributed by atoms with E-state index < -0.39 is 24.1 Å². The summed E-state index contributed by atoms with van der Waals surface area (Å²) in [6, 6.07) is 20.6. The molecule has 1 aliphatic heterocycles. The van der Waals surface area contributed by atoms with Crippen LogP contribution in [0.5, 0.6) is 0 Å². The highest BCUT2D eigenvalue weighted by atomic mass is 32.2. The first-order chi connectivity index (χ1) is 18.1. The molecule has 2 heterocycles. The van der Waals surface area contributed by atoms with E-state index in [1.165, 1.54) is 0 Å². The van der Waals surface area contributed by atoms with Crippen LogP contribution in [0, 0.1) is 5.92 Å². The first-order valence-corrected chi connectivity index (χ1v) is 16.8. The molecular formula is C30H37N3O3SSi. The zero-order chi connectivity index (χ0) is 27.1. The van der Waals surface area contributed by atoms with Gasteiger partial charge in [0, 0.05) is 24.8 Å². The third-order valence-corrected chi connectivity index (χ3v) is 15.7. The van der Waals surface area contributed by atoms with E-state index in [-0.39, 0.29) is 17.7 Å². The summed E-state index contributed by atoms with van der Waals surface area (Å²) in [4.78, 5) is 13.6. The molecule has 1 fully saturated rings. The lowest BCUT2D eigenvalue weighted by molar-refractivity contribution is 0.0515. The first-order valence-electron chi connectivity index (χ1n) is 13.3. The van der Waals surface area contributed by atoms with Crippen molar-refractivity contribution in [3.05, 3.63) is 84.2 Å². The van der Waals surface area contributed by atoms with Gasteiger partial charge < -0.3 is 9.30 Å². The second-order valence-corrected chi connectivity index (χ2v) is 17.8. The smallest absolute Gasteiger partial charge is 0.355 e. The van der Waals surface area contributed by atoms with E-state index >= 15 is 4.21 Å². The van der Waals surface area contributed by atoms with Crippen molar-refractivity contribution in [1.82, 2.24) is 9.29 Å². The maximum Gasteiger partial charge on any atom is 0.355 e. The standard InChI is InChI=1S/C30H37N3O3SSi/c1-6-36-29(34)28-25-19-20-26(22-17-18-22)31-37(35,27(25)21-33(28)5)32-38(30(2,3)4,23-13-9-7-10-14-23)24-15-11-8-12-16-24/h7-16,19-22,26H,6,17-18H2,1-5H3,(H,31,32,35)/t26-,37?/m1/s1. The summed E-state index contributed by atoms with van der Waals surface area (Å²) in [6.07, 6.45) is 7.98. The van der Waals surface area contributed by atoms with Crippen molar-refractivity contribution in [3.8, 4) is 0 Å². The van der Waals surface area contributed by atoms with E-state index in [0.717, 1.165) is 23.2 Å². The maximum absolute atomic E-state index is 15.5. The highest BCUT2D eigenvalue weighted by Gasteiger charge is 2.51. The van der Waals surface area contributed by atoms with Crippen LogP contribution in [0.2, 0.25) is 5.04 Å². The normalized spacial score (nSPS) is 21.4. The summed E-state index contributed by atoms with van der Waals surface area (Å²) in [5.41, 5.74) is 1.04. The molecule has 1 aromatic heterocycles. The van der Waals surface area contributed by atoms with Crippen LogP contribution in [0.15, 0.2) is 81.9 Å². The second kappa shape index (κ2) is 9.98. The molecule has 38 heavy (non-hydrogen) atoms. The number of rotatable bonds is 6. The number of carbonyl (C=O) groups is 1. The molecule has 2 aromatic carbocycles. The fraction of sp³-hybridized carbons (Fsp3) is 0.367. The van der Waals surface area contributed by atoms with Gasteiger partial charge >= 0.3 is 5.97 Å². The van der Waals surface area contributed by atoms with Gasteiger partial charge in [-0.1, -0.05) is 93.6 Å². The van der Waals surface area contributed by atoms with Crippen LogP contribution >= 0.6 is 0 Å². The van der Waals surface area contributed by atoms with Gasteiger partial charge in [-0.15, -0.1) is 0 Å². The minimum atomic E-state index is -3.18. The molecule has 3 aromatic rings. The van der Waals surface area contributed by atoms with Gasteiger partial charge in [-0.2, -0.15) is 0 Å². The van der Waals surface area contributed by atoms with Crippen molar-refractivity contribution >= 4 is 40.6 Å². The van der Waals surface area contributed by atoms with Gasteiger partial charge in [0.2, 0.25) is 0 Å². The van der Waals surface area contributed by atoms with E-state index in [1.807, 2.05) is 42.5 Å². The number of hydrogen-bond donors (Lipinski definition) is 1. The molecule has 0 bridgehead atoms. The lowest BCUT2D eigenvalue weighted by atomic mass is 10.1. The molecule has 200 valence electrons. The van der Waals surface area contributed by atoms with Gasteiger partial charge in [0.15, 0.2) is 0 Å². The Morgan fingerprint density at radius 3 is 2.16 bits per heavy atom. The zero-order valence-electron chi connectivity index (χ0n) is 22.8. The summed E-state index contributed by atoms with van der Waals surface area (Å²) in [7, 11) is -4.44. The number of esters is 1. The number of aryl methyl sites for hydroxylation is 1. The van der Waals surface area contributed by atoms with E-state index in [1.54, 1.807) is 24.7 Å². The molecule has 0 amide bonds. The minimum Gasteiger partial charge on any atom is -0.461 e. The highest BCUT2D eigenvalue weighted by Crippen LogP contribution is 2.41. The van der Waals surface area contributed by atoms with E-state index in [0.29, 0.717) is 22.1 Å². The van der Waals surface area contributed by atoms with Gasteiger partial charge in [0.05, 0.1) is 11.5 Å². The summed E-state index contributed by atoms with van der Waals surface area (Å²) in [5, 5.41) is 1.90. The Balaban J connectivity index is 1.86. The average Bonchev–Trinajstić information content (AvgIpc) is 3.69. The van der Waals surface area contributed by atoms with Crippen LogP contribution in [0.4, 0.5) is 0 Å². The number of carbonyl (C=O) groups excluding carboxylic acids is 1. The Morgan fingerprint density at radius 1 is 1.08 bits per heavy atom. The third kappa shape index (κ3) is 4.59. The van der Waals surface area contributed by atoms with E-state index in [2.05, 4.69) is 55.8 Å². The van der Waals surface area contributed by atoms with Gasteiger partial charge in [0.25, 0.3) is 8.24 Å². The van der Waals surface area contributed by atoms with Crippen molar-refractivity contribution in [1.29, 1.82) is 0 Å². The lowest BCUT2D eigenvalue weighted by Gasteiger charge is -2.40. The Bertz CT molecular complexity index is 1440. The van der Waals surface area contributed by atoms with Gasteiger partial charge in [0.1, 0.15) is 15.6 Å². The molecule has 1 N–H and O–H groups in total. The molecule has 8 heteroatoms. The number of nitrogens with one attached hydrogen (secondary N) is 1. The van der Waals surface area contributed by atoms with Gasteiger partial charge in [-0.25, -0.2) is 17.8 Å². The molecule has 2 atom stereocenters. The molecular weight excluding hydrogens is 511 g/mol. The molecule has 0 spiro atoms. The predicted molar refractivity (Wildman–Crippen MR) is 157 cm³/mol. The van der Waals surface area contributed by atoms with Crippen molar-refractivity contribution in [2.24, 2.45) is 17.0 Å². The van der Waals surface area contributed by atoms with Crippen LogP contribution < -0.4 is 15.1 Å². The van der Waals surface area contributed by atoms with E-state index in [4.69, 9.17) is 8.77 Å². The monoisotopic (exact) mass is 547 g/mol. The number of nitrogens with zero attached hydrogens (tertiary/aromatic N) is 2. The fourth-order valence-electron chi connectivity index (χ4n) is 5.55. The average molecular weight is 548 g/mol. The number of benzene rings is 2. The molecule has 1 aliphatic carbocycles. The zero-order valence-corrected chi connectivity index (χ0v) is 24.6. The number of fused-ring (bicyclic) bond motifs is 1. The molecule has 6 nitrogen and oxygen atoms in total. The summed E-state index contributed by atoms with van der Waals surface area (Å²) in [5.74, 6) is -0.0109. The summed E-state index contributed by atoms with van der Waals surface area (Å²) in [6.45, 7) is 8.67. The van der Waals surface area contributed by atoms with Gasteiger partial charge in [-0.05, 0) is 41.1 Å². The summed E-state index contributed by atoms with van der Waals surface area (Å²) < 4.78 is 31.7. The van der Waals surface area contributed by atoms with Crippen molar-refractivity contribution in [3.63, 3.8) is 0 Å². The molecule has 5 rings (SSSR count). The molecule has 2 aliphatic rings. The first kappa shape index (κ1) is 26.7. The van der Waals surface area contributed by atoms with Crippen LogP contribution in [0.1, 0.15) is 56.6 Å².